The number of carbonyl (C=O) groups is 3. The number of methoxy groups -OCH3 is 1. The Morgan fingerprint density at radius 3 is 2.55 bits per heavy atom. The van der Waals surface area contributed by atoms with E-state index in [-0.39, 0.29) is 27.6 Å². The second-order valence-electron chi connectivity index (χ2n) is 6.47. The molecule has 2 aromatic carbocycles. The van der Waals surface area contributed by atoms with E-state index in [1.165, 1.54) is 44.4 Å². The number of sulfonamides is 1. The Balaban J connectivity index is 1.92. The number of carbonyl (C=O) groups excluding carboxylic acids is 3. The molecule has 1 aliphatic heterocycles. The van der Waals surface area contributed by atoms with Crippen molar-refractivity contribution in [2.45, 2.75) is 6.92 Å². The van der Waals surface area contributed by atoms with Gasteiger partial charge in [0.2, 0.25) is 15.9 Å². The topological polar surface area (TPSA) is 110 Å². The minimum Gasteiger partial charge on any atom is -0.465 e. The highest BCUT2D eigenvalue weighted by Crippen LogP contribution is 2.31. The van der Waals surface area contributed by atoms with Gasteiger partial charge in [-0.05, 0) is 36.4 Å². The number of benzene rings is 2. The fourth-order valence-corrected chi connectivity index (χ4v) is 4.96. The number of halogens is 1. The molecule has 3 rings (SSSR count). The van der Waals surface area contributed by atoms with Crippen LogP contribution in [0.5, 0.6) is 0 Å². The van der Waals surface area contributed by atoms with Gasteiger partial charge < -0.3 is 10.1 Å². The van der Waals surface area contributed by atoms with Gasteiger partial charge in [0.15, 0.2) is 0 Å². The smallest absolute Gasteiger partial charge is 0.337 e. The molecule has 1 unspecified atom stereocenters. The maximum atomic E-state index is 12.7. The average Bonchev–Trinajstić information content (AvgIpc) is 2.88. The highest BCUT2D eigenvalue weighted by atomic mass is 35.5. The monoisotopic (exact) mass is 436 g/mol. The Kier molecular flexibility index (Phi) is 5.63. The van der Waals surface area contributed by atoms with Gasteiger partial charge in [0.1, 0.15) is 0 Å². The molecule has 10 heteroatoms. The van der Waals surface area contributed by atoms with E-state index in [9.17, 15) is 22.8 Å². The molecule has 1 atom stereocenters. The van der Waals surface area contributed by atoms with Crippen molar-refractivity contribution in [3.05, 3.63) is 58.6 Å². The summed E-state index contributed by atoms with van der Waals surface area (Å²) in [6, 6.07) is 10.1. The van der Waals surface area contributed by atoms with Crippen LogP contribution in [0.1, 0.15) is 27.6 Å². The number of nitrogens with zero attached hydrogens (tertiary/aromatic N) is 1. The first kappa shape index (κ1) is 20.8. The molecule has 29 heavy (non-hydrogen) atoms. The third-order valence-electron chi connectivity index (χ3n) is 4.33. The number of hydrogen-bond acceptors (Lipinski definition) is 6. The molecule has 2 amide bonds. The molecular formula is C19H17ClN2O6S. The Hall–Kier alpha value is -2.91. The van der Waals surface area contributed by atoms with Crippen molar-refractivity contribution in [2.24, 2.45) is 5.92 Å². The van der Waals surface area contributed by atoms with Crippen LogP contribution >= 0.6 is 11.6 Å². The molecule has 8 nitrogen and oxygen atoms in total. The molecule has 0 radical (unpaired) electrons. The maximum absolute atomic E-state index is 12.7. The normalized spacial score (nSPS) is 17.8. The number of ether oxygens (including phenoxy) is 1. The van der Waals surface area contributed by atoms with Gasteiger partial charge in [0.25, 0.3) is 5.91 Å². The summed E-state index contributed by atoms with van der Waals surface area (Å²) in [5.41, 5.74) is 0.582. The zero-order valence-corrected chi connectivity index (χ0v) is 17.1. The van der Waals surface area contributed by atoms with Crippen LogP contribution in [0.2, 0.25) is 5.02 Å². The zero-order chi connectivity index (χ0) is 21.3. The van der Waals surface area contributed by atoms with Crippen LogP contribution in [-0.4, -0.2) is 39.1 Å². The molecular weight excluding hydrogens is 420 g/mol. The van der Waals surface area contributed by atoms with Crippen LogP contribution in [0.4, 0.5) is 11.4 Å². The molecule has 0 spiro atoms. The lowest BCUT2D eigenvalue weighted by Gasteiger charge is -2.17. The molecule has 152 valence electrons. The Bertz CT molecular complexity index is 1120. The van der Waals surface area contributed by atoms with Gasteiger partial charge >= 0.3 is 5.97 Å². The number of nitrogens with one attached hydrogen (secondary N) is 1. The van der Waals surface area contributed by atoms with Crippen LogP contribution < -0.4 is 9.62 Å². The second-order valence-corrected chi connectivity index (χ2v) is 8.74. The first-order valence-electron chi connectivity index (χ1n) is 8.50. The molecule has 1 aliphatic rings. The first-order valence-corrected chi connectivity index (χ1v) is 10.5. The predicted octanol–water partition coefficient (Wildman–Crippen LogP) is 2.69. The minimum absolute atomic E-state index is 0.0183. The largest absolute Gasteiger partial charge is 0.465 e. The van der Waals surface area contributed by atoms with E-state index in [0.29, 0.717) is 9.99 Å². The molecule has 0 bridgehead atoms. The van der Waals surface area contributed by atoms with Gasteiger partial charge in [-0.3, -0.25) is 9.59 Å². The SMILES string of the molecule is COC(=O)c1cccc(NC(=O)c2cc(N3C(=O)C(C)CS3(=O)=O)ccc2Cl)c1. The van der Waals surface area contributed by atoms with Gasteiger partial charge in [-0.1, -0.05) is 24.6 Å². The van der Waals surface area contributed by atoms with Crippen molar-refractivity contribution in [3.8, 4) is 0 Å². The summed E-state index contributed by atoms with van der Waals surface area (Å²) in [5.74, 6) is -2.72. The molecule has 1 fully saturated rings. The molecule has 1 heterocycles. The Morgan fingerprint density at radius 2 is 1.93 bits per heavy atom. The van der Waals surface area contributed by atoms with Gasteiger partial charge in [0, 0.05) is 5.69 Å². The highest BCUT2D eigenvalue weighted by Gasteiger charge is 2.42. The summed E-state index contributed by atoms with van der Waals surface area (Å²) in [7, 11) is -2.57. The van der Waals surface area contributed by atoms with E-state index in [1.807, 2.05) is 0 Å². The fourth-order valence-electron chi connectivity index (χ4n) is 2.94. The molecule has 1 N–H and O–H groups in total. The van der Waals surface area contributed by atoms with Crippen molar-refractivity contribution < 1.29 is 27.5 Å². The van der Waals surface area contributed by atoms with Crippen molar-refractivity contribution >= 4 is 50.8 Å². The van der Waals surface area contributed by atoms with Crippen molar-refractivity contribution in [1.29, 1.82) is 0 Å². The second kappa shape index (κ2) is 7.84. The van der Waals surface area contributed by atoms with E-state index in [1.54, 1.807) is 12.1 Å². The summed E-state index contributed by atoms with van der Waals surface area (Å²) in [5, 5.41) is 2.67. The molecule has 2 aromatic rings. The molecule has 0 aromatic heterocycles. The number of esters is 1. The van der Waals surface area contributed by atoms with Crippen LogP contribution in [0.25, 0.3) is 0 Å². The summed E-state index contributed by atoms with van der Waals surface area (Å²) in [6.45, 7) is 1.53. The Morgan fingerprint density at radius 1 is 1.21 bits per heavy atom. The maximum Gasteiger partial charge on any atom is 0.337 e. The lowest BCUT2D eigenvalue weighted by Crippen LogP contribution is -2.30. The number of amides is 2. The van der Waals surface area contributed by atoms with E-state index in [4.69, 9.17) is 11.6 Å². The summed E-state index contributed by atoms with van der Waals surface area (Å²) in [6.07, 6.45) is 0. The minimum atomic E-state index is -3.81. The van der Waals surface area contributed by atoms with E-state index in [0.717, 1.165) is 0 Å². The molecule has 0 aliphatic carbocycles. The van der Waals surface area contributed by atoms with E-state index >= 15 is 0 Å². The Labute approximate surface area is 172 Å². The van der Waals surface area contributed by atoms with E-state index in [2.05, 4.69) is 10.1 Å². The third kappa shape index (κ3) is 4.10. The van der Waals surface area contributed by atoms with Gasteiger partial charge in [-0.15, -0.1) is 0 Å². The van der Waals surface area contributed by atoms with Gasteiger partial charge in [0.05, 0.1) is 40.6 Å². The van der Waals surface area contributed by atoms with Crippen molar-refractivity contribution in [1.82, 2.24) is 0 Å². The number of rotatable bonds is 4. The van der Waals surface area contributed by atoms with Gasteiger partial charge in [-0.25, -0.2) is 17.5 Å². The third-order valence-corrected chi connectivity index (χ3v) is 6.53. The van der Waals surface area contributed by atoms with E-state index < -0.39 is 33.7 Å². The van der Waals surface area contributed by atoms with Crippen LogP contribution in [-0.2, 0) is 19.6 Å². The summed E-state index contributed by atoms with van der Waals surface area (Å²) in [4.78, 5) is 36.6. The number of anilines is 2. The average molecular weight is 437 g/mol. The first-order chi connectivity index (χ1) is 13.6. The summed E-state index contributed by atoms with van der Waals surface area (Å²) < 4.78 is 29.9. The summed E-state index contributed by atoms with van der Waals surface area (Å²) >= 11 is 6.12. The van der Waals surface area contributed by atoms with Crippen molar-refractivity contribution in [2.75, 3.05) is 22.5 Å². The lowest BCUT2D eigenvalue weighted by molar-refractivity contribution is -0.119. The van der Waals surface area contributed by atoms with Crippen LogP contribution in [0.15, 0.2) is 42.5 Å². The standard InChI is InChI=1S/C19H17ClN2O6S/c1-11-10-29(26,27)22(18(11)24)14-6-7-16(20)15(9-14)17(23)21-13-5-3-4-12(8-13)19(25)28-2/h3-9,11H,10H2,1-2H3,(H,21,23). The quantitative estimate of drug-likeness (QED) is 0.738. The highest BCUT2D eigenvalue weighted by molar-refractivity contribution is 7.94. The van der Waals surface area contributed by atoms with Crippen molar-refractivity contribution in [3.63, 3.8) is 0 Å². The fraction of sp³-hybridized carbons (Fsp3) is 0.211. The molecule has 1 saturated heterocycles. The molecule has 0 saturated carbocycles. The van der Waals surface area contributed by atoms with Gasteiger partial charge in [-0.2, -0.15) is 0 Å². The zero-order valence-electron chi connectivity index (χ0n) is 15.5. The van der Waals surface area contributed by atoms with Crippen LogP contribution in [0.3, 0.4) is 0 Å². The lowest BCUT2D eigenvalue weighted by atomic mass is 10.1. The number of hydrogen-bond donors (Lipinski definition) is 1. The van der Waals surface area contributed by atoms with Crippen LogP contribution in [0, 0.1) is 5.92 Å². The predicted molar refractivity (Wildman–Crippen MR) is 108 cm³/mol.